The van der Waals surface area contributed by atoms with Crippen LogP contribution in [0.25, 0.3) is 0 Å². The van der Waals surface area contributed by atoms with Gasteiger partial charge in [0.05, 0.1) is 0 Å². The van der Waals surface area contributed by atoms with Crippen molar-refractivity contribution >= 4 is 17.5 Å². The minimum atomic E-state index is -0.0719. The zero-order valence-corrected chi connectivity index (χ0v) is 12.8. The van der Waals surface area contributed by atoms with E-state index >= 15 is 0 Å². The summed E-state index contributed by atoms with van der Waals surface area (Å²) < 4.78 is 0. The van der Waals surface area contributed by atoms with Gasteiger partial charge in [-0.15, -0.1) is 0 Å². The Morgan fingerprint density at radius 2 is 1.76 bits per heavy atom. The fourth-order valence-corrected chi connectivity index (χ4v) is 2.54. The predicted molar refractivity (Wildman–Crippen MR) is 84.2 cm³/mol. The smallest absolute Gasteiger partial charge is 0.251 e. The van der Waals surface area contributed by atoms with Gasteiger partial charge in [-0.2, -0.15) is 0 Å². The SMILES string of the molecule is CC(C)CNC(=O)c1ccc(NC(=O)C2CCCC2)cc1. The molecule has 2 amide bonds. The number of nitrogens with one attached hydrogen (secondary N) is 2. The van der Waals surface area contributed by atoms with Gasteiger partial charge in [-0.25, -0.2) is 0 Å². The van der Waals surface area contributed by atoms with Crippen molar-refractivity contribution in [1.82, 2.24) is 5.32 Å². The molecular formula is C17H24N2O2. The number of rotatable bonds is 5. The van der Waals surface area contributed by atoms with Gasteiger partial charge in [-0.3, -0.25) is 9.59 Å². The standard InChI is InChI=1S/C17H24N2O2/c1-12(2)11-18-16(20)14-7-9-15(10-8-14)19-17(21)13-5-3-4-6-13/h7-10,12-13H,3-6,11H2,1-2H3,(H,18,20)(H,19,21). The lowest BCUT2D eigenvalue weighted by molar-refractivity contribution is -0.119. The quantitative estimate of drug-likeness (QED) is 0.874. The van der Waals surface area contributed by atoms with Crippen LogP contribution >= 0.6 is 0 Å². The summed E-state index contributed by atoms with van der Waals surface area (Å²) >= 11 is 0. The molecule has 0 bridgehead atoms. The average molecular weight is 288 g/mol. The second-order valence-corrected chi connectivity index (χ2v) is 6.15. The van der Waals surface area contributed by atoms with E-state index in [9.17, 15) is 9.59 Å². The Bertz CT molecular complexity index is 488. The van der Waals surface area contributed by atoms with E-state index in [-0.39, 0.29) is 17.7 Å². The summed E-state index contributed by atoms with van der Waals surface area (Å²) in [6.45, 7) is 4.78. The molecule has 1 fully saturated rings. The summed E-state index contributed by atoms with van der Waals surface area (Å²) in [5.74, 6) is 0.611. The summed E-state index contributed by atoms with van der Waals surface area (Å²) in [6.07, 6.45) is 4.27. The van der Waals surface area contributed by atoms with E-state index in [1.807, 2.05) is 0 Å². The number of anilines is 1. The molecule has 114 valence electrons. The third-order valence-corrected chi connectivity index (χ3v) is 3.81. The van der Waals surface area contributed by atoms with E-state index < -0.39 is 0 Å². The molecule has 2 N–H and O–H groups in total. The van der Waals surface area contributed by atoms with Gasteiger partial charge in [0.2, 0.25) is 5.91 Å². The predicted octanol–water partition coefficient (Wildman–Crippen LogP) is 3.20. The van der Waals surface area contributed by atoms with Crippen molar-refractivity contribution in [3.63, 3.8) is 0 Å². The fraction of sp³-hybridized carbons (Fsp3) is 0.529. The zero-order valence-electron chi connectivity index (χ0n) is 12.8. The average Bonchev–Trinajstić information content (AvgIpc) is 3.00. The Balaban J connectivity index is 1.89. The molecule has 2 rings (SSSR count). The topological polar surface area (TPSA) is 58.2 Å². The van der Waals surface area contributed by atoms with Crippen LogP contribution in [-0.2, 0) is 4.79 Å². The van der Waals surface area contributed by atoms with Crippen molar-refractivity contribution in [3.05, 3.63) is 29.8 Å². The third kappa shape index (κ3) is 4.59. The van der Waals surface area contributed by atoms with Crippen LogP contribution in [0.2, 0.25) is 0 Å². The first kappa shape index (κ1) is 15.5. The molecule has 0 saturated heterocycles. The first-order valence-electron chi connectivity index (χ1n) is 7.75. The Morgan fingerprint density at radius 3 is 2.33 bits per heavy atom. The number of benzene rings is 1. The molecule has 0 atom stereocenters. The Labute approximate surface area is 126 Å². The maximum Gasteiger partial charge on any atom is 0.251 e. The number of carbonyl (C=O) groups is 2. The Hall–Kier alpha value is -1.84. The highest BCUT2D eigenvalue weighted by Gasteiger charge is 2.22. The first-order chi connectivity index (χ1) is 10.1. The van der Waals surface area contributed by atoms with Gasteiger partial charge in [0.1, 0.15) is 0 Å². The highest BCUT2D eigenvalue weighted by Crippen LogP contribution is 2.26. The maximum atomic E-state index is 12.0. The van der Waals surface area contributed by atoms with E-state index in [1.165, 1.54) is 0 Å². The maximum absolute atomic E-state index is 12.0. The molecule has 0 radical (unpaired) electrons. The van der Waals surface area contributed by atoms with Gasteiger partial charge >= 0.3 is 0 Å². The van der Waals surface area contributed by atoms with Crippen molar-refractivity contribution in [2.45, 2.75) is 39.5 Å². The molecule has 0 spiro atoms. The Kier molecular flexibility index (Phi) is 5.37. The molecular weight excluding hydrogens is 264 g/mol. The summed E-state index contributed by atoms with van der Waals surface area (Å²) in [7, 11) is 0. The van der Waals surface area contributed by atoms with Crippen molar-refractivity contribution < 1.29 is 9.59 Å². The minimum absolute atomic E-state index is 0.0719. The van der Waals surface area contributed by atoms with Crippen LogP contribution in [0.15, 0.2) is 24.3 Å². The lowest BCUT2D eigenvalue weighted by atomic mass is 10.1. The van der Waals surface area contributed by atoms with Gasteiger partial charge in [0, 0.05) is 23.7 Å². The molecule has 1 saturated carbocycles. The Morgan fingerprint density at radius 1 is 1.14 bits per heavy atom. The van der Waals surface area contributed by atoms with E-state index in [2.05, 4.69) is 24.5 Å². The van der Waals surface area contributed by atoms with Gasteiger partial charge in [0.25, 0.3) is 5.91 Å². The number of hydrogen-bond acceptors (Lipinski definition) is 2. The second-order valence-electron chi connectivity index (χ2n) is 6.15. The molecule has 1 aromatic rings. The number of carbonyl (C=O) groups excluding carboxylic acids is 2. The second kappa shape index (κ2) is 7.25. The number of amides is 2. The monoisotopic (exact) mass is 288 g/mol. The fourth-order valence-electron chi connectivity index (χ4n) is 2.54. The van der Waals surface area contributed by atoms with Crippen LogP contribution in [-0.4, -0.2) is 18.4 Å². The molecule has 0 aliphatic heterocycles. The van der Waals surface area contributed by atoms with Crippen LogP contribution < -0.4 is 10.6 Å². The van der Waals surface area contributed by atoms with Gasteiger partial charge < -0.3 is 10.6 Å². The summed E-state index contributed by atoms with van der Waals surface area (Å²) in [4.78, 5) is 23.9. The highest BCUT2D eigenvalue weighted by atomic mass is 16.2. The largest absolute Gasteiger partial charge is 0.352 e. The van der Waals surface area contributed by atoms with E-state index in [0.717, 1.165) is 31.4 Å². The highest BCUT2D eigenvalue weighted by molar-refractivity contribution is 5.96. The van der Waals surface area contributed by atoms with Crippen LogP contribution in [0, 0.1) is 11.8 Å². The van der Waals surface area contributed by atoms with Crippen LogP contribution in [0.3, 0.4) is 0 Å². The van der Waals surface area contributed by atoms with Gasteiger partial charge in [-0.05, 0) is 43.0 Å². The van der Waals surface area contributed by atoms with E-state index in [0.29, 0.717) is 18.0 Å². The molecule has 0 heterocycles. The molecule has 0 unspecified atom stereocenters. The zero-order chi connectivity index (χ0) is 15.2. The molecule has 4 nitrogen and oxygen atoms in total. The van der Waals surface area contributed by atoms with Gasteiger partial charge in [0.15, 0.2) is 0 Å². The van der Waals surface area contributed by atoms with Crippen LogP contribution in [0.5, 0.6) is 0 Å². The van der Waals surface area contributed by atoms with Crippen molar-refractivity contribution in [3.8, 4) is 0 Å². The van der Waals surface area contributed by atoms with Crippen molar-refractivity contribution in [1.29, 1.82) is 0 Å². The number of hydrogen-bond donors (Lipinski definition) is 2. The molecule has 1 aliphatic rings. The lowest BCUT2D eigenvalue weighted by Crippen LogP contribution is -2.27. The summed E-state index contributed by atoms with van der Waals surface area (Å²) in [5.41, 5.74) is 1.38. The van der Waals surface area contributed by atoms with E-state index in [4.69, 9.17) is 0 Å². The molecule has 1 aromatic carbocycles. The molecule has 21 heavy (non-hydrogen) atoms. The summed E-state index contributed by atoms with van der Waals surface area (Å²) in [5, 5.41) is 5.81. The van der Waals surface area contributed by atoms with Gasteiger partial charge in [-0.1, -0.05) is 26.7 Å². The first-order valence-corrected chi connectivity index (χ1v) is 7.75. The molecule has 0 aromatic heterocycles. The molecule has 1 aliphatic carbocycles. The third-order valence-electron chi connectivity index (χ3n) is 3.81. The van der Waals surface area contributed by atoms with E-state index in [1.54, 1.807) is 24.3 Å². The van der Waals surface area contributed by atoms with Crippen molar-refractivity contribution in [2.75, 3.05) is 11.9 Å². The molecule has 4 heteroatoms. The normalized spacial score (nSPS) is 15.2. The lowest BCUT2D eigenvalue weighted by Gasteiger charge is -2.11. The van der Waals surface area contributed by atoms with Crippen molar-refractivity contribution in [2.24, 2.45) is 11.8 Å². The van der Waals surface area contributed by atoms with Crippen LogP contribution in [0.4, 0.5) is 5.69 Å². The summed E-state index contributed by atoms with van der Waals surface area (Å²) in [6, 6.07) is 7.08. The minimum Gasteiger partial charge on any atom is -0.352 e. The van der Waals surface area contributed by atoms with Crippen LogP contribution in [0.1, 0.15) is 49.9 Å².